The number of hydrogen-bond acceptors (Lipinski definition) is 5. The van der Waals surface area contributed by atoms with E-state index in [0.29, 0.717) is 5.82 Å². The van der Waals surface area contributed by atoms with E-state index in [1.807, 2.05) is 4.90 Å². The van der Waals surface area contributed by atoms with Crippen molar-refractivity contribution in [3.63, 3.8) is 0 Å². The predicted octanol–water partition coefficient (Wildman–Crippen LogP) is -1.08. The molecule has 0 unspecified atom stereocenters. The number of tetrazole rings is 1. The molecular weight excluding hydrogens is 220 g/mol. The number of nitrogens with zero attached hydrogens (tertiary/aromatic N) is 6. The van der Waals surface area contributed by atoms with Crippen LogP contribution in [0.1, 0.15) is 12.7 Å². The molecule has 0 radical (unpaired) electrons. The zero-order valence-corrected chi connectivity index (χ0v) is 10.3. The maximum absolute atomic E-state index is 12.0. The van der Waals surface area contributed by atoms with E-state index in [0.717, 1.165) is 32.7 Å². The minimum Gasteiger partial charge on any atom is -0.340 e. The van der Waals surface area contributed by atoms with Gasteiger partial charge in [-0.25, -0.2) is 4.68 Å². The van der Waals surface area contributed by atoms with Crippen LogP contribution in [0.15, 0.2) is 0 Å². The summed E-state index contributed by atoms with van der Waals surface area (Å²) in [5.74, 6) is 0.728. The number of carbonyl (C=O) groups excluding carboxylic acids is 1. The van der Waals surface area contributed by atoms with Crippen LogP contribution in [-0.4, -0.2) is 68.6 Å². The molecule has 1 aromatic rings. The summed E-state index contributed by atoms with van der Waals surface area (Å²) in [5, 5.41) is 11.1. The fraction of sp³-hybridized carbons (Fsp3) is 0.800. The summed E-state index contributed by atoms with van der Waals surface area (Å²) in [4.78, 5) is 16.2. The Balaban J connectivity index is 1.87. The molecule has 0 aliphatic carbocycles. The topological polar surface area (TPSA) is 67.2 Å². The van der Waals surface area contributed by atoms with Gasteiger partial charge in [0.1, 0.15) is 0 Å². The molecule has 1 saturated heterocycles. The second-order valence-corrected chi connectivity index (χ2v) is 4.21. The summed E-state index contributed by atoms with van der Waals surface area (Å²) in [7, 11) is 1.75. The van der Waals surface area contributed by atoms with Crippen LogP contribution in [0.4, 0.5) is 0 Å². The van der Waals surface area contributed by atoms with Crippen molar-refractivity contribution in [3.8, 4) is 0 Å². The lowest BCUT2D eigenvalue weighted by atomic mass is 10.2. The number of aryl methyl sites for hydroxylation is 1. The minimum absolute atomic E-state index is 0.110. The quantitative estimate of drug-likeness (QED) is 0.670. The lowest BCUT2D eigenvalue weighted by Gasteiger charge is -2.33. The Morgan fingerprint density at radius 1 is 1.29 bits per heavy atom. The molecule has 1 aliphatic rings. The summed E-state index contributed by atoms with van der Waals surface area (Å²) in [6.45, 7) is 6.71. The second-order valence-electron chi connectivity index (χ2n) is 4.21. The van der Waals surface area contributed by atoms with Gasteiger partial charge in [0.05, 0.1) is 6.42 Å². The molecule has 2 rings (SSSR count). The second kappa shape index (κ2) is 5.22. The number of carbonyl (C=O) groups is 1. The lowest BCUT2D eigenvalue weighted by molar-refractivity contribution is -0.132. The van der Waals surface area contributed by atoms with Crippen LogP contribution in [-0.2, 0) is 18.3 Å². The van der Waals surface area contributed by atoms with Crippen molar-refractivity contribution in [2.45, 2.75) is 13.3 Å². The normalized spacial score (nSPS) is 17.4. The maximum Gasteiger partial charge on any atom is 0.230 e. The van der Waals surface area contributed by atoms with Crippen LogP contribution in [0.25, 0.3) is 0 Å². The third-order valence-corrected chi connectivity index (χ3v) is 3.19. The van der Waals surface area contributed by atoms with E-state index in [1.54, 1.807) is 11.7 Å². The molecule has 0 aromatic carbocycles. The number of rotatable bonds is 3. The van der Waals surface area contributed by atoms with Crippen LogP contribution >= 0.6 is 0 Å². The zero-order chi connectivity index (χ0) is 12.3. The summed E-state index contributed by atoms with van der Waals surface area (Å²) >= 11 is 0. The molecule has 0 saturated carbocycles. The van der Waals surface area contributed by atoms with Crippen molar-refractivity contribution in [2.75, 3.05) is 32.7 Å². The Morgan fingerprint density at radius 3 is 2.53 bits per heavy atom. The largest absolute Gasteiger partial charge is 0.340 e. The van der Waals surface area contributed by atoms with E-state index < -0.39 is 0 Å². The van der Waals surface area contributed by atoms with Gasteiger partial charge in [-0.3, -0.25) is 4.79 Å². The average Bonchev–Trinajstić information content (AvgIpc) is 2.75. The predicted molar refractivity (Wildman–Crippen MR) is 61.2 cm³/mol. The molecule has 1 aromatic heterocycles. The zero-order valence-electron chi connectivity index (χ0n) is 10.3. The fourth-order valence-electron chi connectivity index (χ4n) is 1.96. The molecule has 7 nitrogen and oxygen atoms in total. The van der Waals surface area contributed by atoms with Gasteiger partial charge < -0.3 is 9.80 Å². The third kappa shape index (κ3) is 2.79. The fourth-order valence-corrected chi connectivity index (χ4v) is 1.96. The number of aromatic nitrogens is 4. The number of likely N-dealkylation sites (N-methyl/N-ethyl adjacent to an activating group) is 1. The van der Waals surface area contributed by atoms with Gasteiger partial charge in [0, 0.05) is 33.2 Å². The molecule has 0 N–H and O–H groups in total. The summed E-state index contributed by atoms with van der Waals surface area (Å²) in [6.07, 6.45) is 0.287. The van der Waals surface area contributed by atoms with Crippen molar-refractivity contribution >= 4 is 5.91 Å². The molecule has 1 amide bonds. The van der Waals surface area contributed by atoms with Crippen LogP contribution in [0, 0.1) is 0 Å². The van der Waals surface area contributed by atoms with Crippen molar-refractivity contribution < 1.29 is 4.79 Å². The Bertz CT molecular complexity index is 382. The van der Waals surface area contributed by atoms with Gasteiger partial charge in [0.25, 0.3) is 0 Å². The Labute approximate surface area is 100 Å². The number of hydrogen-bond donors (Lipinski definition) is 0. The van der Waals surface area contributed by atoms with E-state index in [9.17, 15) is 4.79 Å². The van der Waals surface area contributed by atoms with Crippen LogP contribution < -0.4 is 0 Å². The van der Waals surface area contributed by atoms with Crippen LogP contribution in [0.3, 0.4) is 0 Å². The molecule has 1 aliphatic heterocycles. The van der Waals surface area contributed by atoms with Crippen molar-refractivity contribution in [3.05, 3.63) is 5.82 Å². The molecule has 0 atom stereocenters. The lowest BCUT2D eigenvalue weighted by Crippen LogP contribution is -2.49. The van der Waals surface area contributed by atoms with E-state index >= 15 is 0 Å². The van der Waals surface area contributed by atoms with Crippen molar-refractivity contribution in [1.82, 2.24) is 30.0 Å². The average molecular weight is 238 g/mol. The minimum atomic E-state index is 0.110. The van der Waals surface area contributed by atoms with Gasteiger partial charge in [-0.1, -0.05) is 6.92 Å². The maximum atomic E-state index is 12.0. The van der Waals surface area contributed by atoms with E-state index in [2.05, 4.69) is 27.3 Å². The van der Waals surface area contributed by atoms with Crippen molar-refractivity contribution in [2.24, 2.45) is 7.05 Å². The monoisotopic (exact) mass is 238 g/mol. The standard InChI is InChI=1S/C10H18N6O/c1-3-15-4-6-16(7-5-15)10(17)8-9-11-12-13-14(9)2/h3-8H2,1-2H3. The SMILES string of the molecule is CCN1CCN(C(=O)Cc2nnnn2C)CC1. The molecule has 1 fully saturated rings. The molecule has 94 valence electrons. The molecule has 2 heterocycles. The molecule has 7 heteroatoms. The molecule has 0 bridgehead atoms. The first kappa shape index (κ1) is 12.0. The third-order valence-electron chi connectivity index (χ3n) is 3.19. The van der Waals surface area contributed by atoms with E-state index in [1.165, 1.54) is 0 Å². The Morgan fingerprint density at radius 2 is 2.00 bits per heavy atom. The van der Waals surface area contributed by atoms with E-state index in [4.69, 9.17) is 0 Å². The van der Waals surface area contributed by atoms with Gasteiger partial charge in [0.2, 0.25) is 5.91 Å². The highest BCUT2D eigenvalue weighted by atomic mass is 16.2. The van der Waals surface area contributed by atoms with Gasteiger partial charge in [-0.2, -0.15) is 0 Å². The first-order chi connectivity index (χ1) is 8.20. The van der Waals surface area contributed by atoms with Gasteiger partial charge in [-0.05, 0) is 17.0 Å². The number of piperazine rings is 1. The van der Waals surface area contributed by atoms with Crippen molar-refractivity contribution in [1.29, 1.82) is 0 Å². The summed E-state index contributed by atoms with van der Waals surface area (Å²) < 4.78 is 1.54. The summed E-state index contributed by atoms with van der Waals surface area (Å²) in [6, 6.07) is 0. The van der Waals surface area contributed by atoms with Gasteiger partial charge >= 0.3 is 0 Å². The highest BCUT2D eigenvalue weighted by molar-refractivity contribution is 5.78. The molecule has 17 heavy (non-hydrogen) atoms. The Kier molecular flexibility index (Phi) is 3.68. The number of amides is 1. The van der Waals surface area contributed by atoms with Crippen LogP contribution in [0.5, 0.6) is 0 Å². The first-order valence-electron chi connectivity index (χ1n) is 5.92. The van der Waals surface area contributed by atoms with E-state index in [-0.39, 0.29) is 12.3 Å². The van der Waals surface area contributed by atoms with Gasteiger partial charge in [-0.15, -0.1) is 5.10 Å². The highest BCUT2D eigenvalue weighted by Gasteiger charge is 2.21. The van der Waals surface area contributed by atoms with Crippen LogP contribution in [0.2, 0.25) is 0 Å². The Hall–Kier alpha value is -1.50. The summed E-state index contributed by atoms with van der Waals surface area (Å²) in [5.41, 5.74) is 0. The molecule has 0 spiro atoms. The highest BCUT2D eigenvalue weighted by Crippen LogP contribution is 2.04. The first-order valence-corrected chi connectivity index (χ1v) is 5.92. The van der Waals surface area contributed by atoms with Gasteiger partial charge in [0.15, 0.2) is 5.82 Å². The molecular formula is C10H18N6O. The smallest absolute Gasteiger partial charge is 0.230 e.